The number of nitriles is 1. The van der Waals surface area contributed by atoms with E-state index in [1.165, 1.54) is 6.26 Å². The Bertz CT molecular complexity index is 1580. The molecule has 1 amide bonds. The highest BCUT2D eigenvalue weighted by molar-refractivity contribution is 6.02. The number of para-hydroxylation sites is 1. The van der Waals surface area contributed by atoms with Crippen LogP contribution in [0.2, 0.25) is 0 Å². The van der Waals surface area contributed by atoms with Gasteiger partial charge in [0.25, 0.3) is 5.91 Å². The summed E-state index contributed by atoms with van der Waals surface area (Å²) in [7, 11) is 0. The molecule has 7 heteroatoms. The van der Waals surface area contributed by atoms with Gasteiger partial charge >= 0.3 is 0 Å². The van der Waals surface area contributed by atoms with Gasteiger partial charge in [0, 0.05) is 17.3 Å². The first-order valence-corrected chi connectivity index (χ1v) is 12.0. The summed E-state index contributed by atoms with van der Waals surface area (Å²) in [6.07, 6.45) is 4.89. The predicted octanol–water partition coefficient (Wildman–Crippen LogP) is 5.93. The number of hydrogen-bond acceptors (Lipinski definition) is 5. The highest BCUT2D eigenvalue weighted by Gasteiger charge is 2.16. The van der Waals surface area contributed by atoms with Crippen LogP contribution in [0.25, 0.3) is 23.0 Å². The quantitative estimate of drug-likeness (QED) is 0.200. The summed E-state index contributed by atoms with van der Waals surface area (Å²) < 4.78 is 13.0. The van der Waals surface area contributed by atoms with Gasteiger partial charge in [-0.3, -0.25) is 4.79 Å². The highest BCUT2D eigenvalue weighted by atomic mass is 16.5. The van der Waals surface area contributed by atoms with Crippen molar-refractivity contribution in [3.8, 4) is 28.8 Å². The zero-order chi connectivity index (χ0) is 26.2. The average Bonchev–Trinajstić information content (AvgIpc) is 3.65. The van der Waals surface area contributed by atoms with Gasteiger partial charge in [0.1, 0.15) is 35.5 Å². The van der Waals surface area contributed by atoms with Crippen molar-refractivity contribution in [3.05, 3.63) is 132 Å². The van der Waals surface area contributed by atoms with Crippen LogP contribution in [0.3, 0.4) is 0 Å². The maximum Gasteiger partial charge on any atom is 0.262 e. The van der Waals surface area contributed by atoms with E-state index in [1.807, 2.05) is 91.0 Å². The Morgan fingerprint density at radius 1 is 1.00 bits per heavy atom. The van der Waals surface area contributed by atoms with Crippen LogP contribution >= 0.6 is 0 Å². The summed E-state index contributed by atoms with van der Waals surface area (Å²) in [4.78, 5) is 12.8. The minimum atomic E-state index is -0.498. The molecule has 0 spiro atoms. The maximum atomic E-state index is 12.8. The van der Waals surface area contributed by atoms with E-state index in [9.17, 15) is 10.1 Å². The Kier molecular flexibility index (Phi) is 7.43. The first-order chi connectivity index (χ1) is 18.7. The predicted molar refractivity (Wildman–Crippen MR) is 144 cm³/mol. The first-order valence-electron chi connectivity index (χ1n) is 12.0. The number of nitrogens with one attached hydrogen (secondary N) is 1. The molecular formula is C31H24N4O3. The number of aromatic nitrogens is 2. The average molecular weight is 501 g/mol. The summed E-state index contributed by atoms with van der Waals surface area (Å²) in [6.45, 7) is 0.617. The molecule has 0 saturated carbocycles. The monoisotopic (exact) mass is 500 g/mol. The van der Waals surface area contributed by atoms with Crippen LogP contribution in [-0.2, 0) is 17.9 Å². The third-order valence-corrected chi connectivity index (χ3v) is 5.79. The van der Waals surface area contributed by atoms with E-state index in [2.05, 4.69) is 5.32 Å². The molecule has 5 aromatic rings. The van der Waals surface area contributed by atoms with Gasteiger partial charge in [-0.25, -0.2) is 4.68 Å². The van der Waals surface area contributed by atoms with E-state index in [1.54, 1.807) is 29.1 Å². The molecule has 3 aromatic carbocycles. The van der Waals surface area contributed by atoms with E-state index in [4.69, 9.17) is 14.3 Å². The Hall–Kier alpha value is -5.35. The van der Waals surface area contributed by atoms with Gasteiger partial charge < -0.3 is 14.5 Å². The lowest BCUT2D eigenvalue weighted by Crippen LogP contribution is -2.23. The van der Waals surface area contributed by atoms with Gasteiger partial charge in [-0.1, -0.05) is 60.7 Å². The Morgan fingerprint density at radius 3 is 2.53 bits per heavy atom. The van der Waals surface area contributed by atoms with Gasteiger partial charge in [0.2, 0.25) is 0 Å². The minimum Gasteiger partial charge on any atom is -0.489 e. The Balaban J connectivity index is 1.46. The number of benzene rings is 3. The number of hydrogen-bond donors (Lipinski definition) is 1. The molecule has 0 atom stereocenters. The number of amides is 1. The number of rotatable bonds is 9. The fraction of sp³-hybridized carbons (Fsp3) is 0.0645. The normalized spacial score (nSPS) is 11.1. The lowest BCUT2D eigenvalue weighted by atomic mass is 10.1. The van der Waals surface area contributed by atoms with Crippen LogP contribution in [0, 0.1) is 11.3 Å². The molecule has 0 radical (unpaired) electrons. The number of nitrogens with zero attached hydrogens (tertiary/aromatic N) is 3. The SMILES string of the molecule is N#C/C(=C/c1cn(-c2ccccc2)nc1-c1cccc(OCc2ccccc2)c1)C(=O)NCc1ccco1. The lowest BCUT2D eigenvalue weighted by molar-refractivity contribution is -0.117. The molecule has 2 aromatic heterocycles. The smallest absolute Gasteiger partial charge is 0.262 e. The molecule has 5 rings (SSSR count). The van der Waals surface area contributed by atoms with Crippen molar-refractivity contribution in [2.75, 3.05) is 0 Å². The molecule has 0 fully saturated rings. The second kappa shape index (κ2) is 11.6. The fourth-order valence-corrected chi connectivity index (χ4v) is 3.88. The third kappa shape index (κ3) is 5.89. The van der Waals surface area contributed by atoms with Gasteiger partial charge in [-0.05, 0) is 48.0 Å². The van der Waals surface area contributed by atoms with Gasteiger partial charge in [0.15, 0.2) is 0 Å². The lowest BCUT2D eigenvalue weighted by Gasteiger charge is -2.08. The van der Waals surface area contributed by atoms with Crippen molar-refractivity contribution in [2.45, 2.75) is 13.2 Å². The number of furan rings is 1. The summed E-state index contributed by atoms with van der Waals surface area (Å²) in [5, 5.41) is 17.3. The number of carbonyl (C=O) groups excluding carboxylic acids is 1. The second-order valence-electron chi connectivity index (χ2n) is 8.45. The molecule has 0 aliphatic rings. The number of ether oxygens (including phenoxy) is 1. The van der Waals surface area contributed by atoms with E-state index >= 15 is 0 Å². The molecule has 7 nitrogen and oxygen atoms in total. The van der Waals surface area contributed by atoms with Crippen LogP contribution in [0.1, 0.15) is 16.9 Å². The summed E-state index contributed by atoms with van der Waals surface area (Å²) in [6, 6.07) is 32.7. The number of carbonyl (C=O) groups is 1. The second-order valence-corrected chi connectivity index (χ2v) is 8.45. The fourth-order valence-electron chi connectivity index (χ4n) is 3.88. The molecule has 2 heterocycles. The van der Waals surface area contributed by atoms with Crippen molar-refractivity contribution in [1.82, 2.24) is 15.1 Å². The molecule has 1 N–H and O–H groups in total. The molecule has 0 aliphatic carbocycles. The minimum absolute atomic E-state index is 0.0399. The van der Waals surface area contributed by atoms with Gasteiger partial charge in [-0.2, -0.15) is 10.4 Å². The third-order valence-electron chi connectivity index (χ3n) is 5.79. The molecule has 0 bridgehead atoms. The standard InChI is InChI=1S/C31H24N4O3/c32-19-25(31(36)33-20-29-15-8-16-37-29)17-26-21-35(27-12-5-2-6-13-27)34-30(26)24-11-7-14-28(18-24)38-22-23-9-3-1-4-10-23/h1-18,21H,20,22H2,(H,33,36)/b25-17-. The molecule has 0 aliphatic heterocycles. The summed E-state index contributed by atoms with van der Waals surface area (Å²) in [5.41, 5.74) is 3.91. The van der Waals surface area contributed by atoms with E-state index in [-0.39, 0.29) is 12.1 Å². The highest BCUT2D eigenvalue weighted by Crippen LogP contribution is 2.29. The Morgan fingerprint density at radius 2 is 1.79 bits per heavy atom. The van der Waals surface area contributed by atoms with Crippen molar-refractivity contribution < 1.29 is 13.9 Å². The van der Waals surface area contributed by atoms with Gasteiger partial charge in [0.05, 0.1) is 18.5 Å². The molecule has 186 valence electrons. The van der Waals surface area contributed by atoms with Crippen molar-refractivity contribution in [1.29, 1.82) is 5.26 Å². The van der Waals surface area contributed by atoms with Crippen LogP contribution in [0.15, 0.2) is 120 Å². The summed E-state index contributed by atoms with van der Waals surface area (Å²) in [5.74, 6) is 0.787. The van der Waals surface area contributed by atoms with E-state index < -0.39 is 5.91 Å². The van der Waals surface area contributed by atoms with Crippen molar-refractivity contribution in [3.63, 3.8) is 0 Å². The van der Waals surface area contributed by atoms with Crippen LogP contribution in [-0.4, -0.2) is 15.7 Å². The zero-order valence-electron chi connectivity index (χ0n) is 20.5. The molecule has 0 unspecified atom stereocenters. The zero-order valence-corrected chi connectivity index (χ0v) is 20.5. The summed E-state index contributed by atoms with van der Waals surface area (Å²) >= 11 is 0. The molecule has 38 heavy (non-hydrogen) atoms. The maximum absolute atomic E-state index is 12.8. The van der Waals surface area contributed by atoms with Crippen LogP contribution in [0.4, 0.5) is 0 Å². The van der Waals surface area contributed by atoms with E-state index in [0.29, 0.717) is 29.4 Å². The largest absolute Gasteiger partial charge is 0.489 e. The van der Waals surface area contributed by atoms with E-state index in [0.717, 1.165) is 16.8 Å². The molecule has 0 saturated heterocycles. The van der Waals surface area contributed by atoms with Crippen molar-refractivity contribution >= 4 is 12.0 Å². The van der Waals surface area contributed by atoms with Crippen LogP contribution < -0.4 is 10.1 Å². The Labute approximate surface area is 220 Å². The first kappa shape index (κ1) is 24.3. The molecular weight excluding hydrogens is 476 g/mol. The van der Waals surface area contributed by atoms with Crippen LogP contribution in [0.5, 0.6) is 5.75 Å². The topological polar surface area (TPSA) is 93.1 Å². The van der Waals surface area contributed by atoms with Gasteiger partial charge in [-0.15, -0.1) is 0 Å². The van der Waals surface area contributed by atoms with Crippen molar-refractivity contribution in [2.24, 2.45) is 0 Å².